The van der Waals surface area contributed by atoms with Crippen LogP contribution in [0.3, 0.4) is 0 Å². The molecule has 0 bridgehead atoms. The van der Waals surface area contributed by atoms with E-state index in [9.17, 15) is 0 Å². The van der Waals surface area contributed by atoms with Crippen molar-refractivity contribution in [2.45, 2.75) is 11.8 Å². The van der Waals surface area contributed by atoms with Gasteiger partial charge in [-0.2, -0.15) is 0 Å². The molecular weight excluding hydrogens is 174 g/mol. The molecule has 1 fully saturated rings. The molecule has 2 N–H and O–H groups in total. The smallest absolute Gasteiger partial charge is 0.0491 e. The number of likely N-dealkylation sites (tertiary alicyclic amines) is 1. The van der Waals surface area contributed by atoms with Crippen LogP contribution in [-0.2, 0) is 5.41 Å². The maximum atomic E-state index is 5.90. The summed E-state index contributed by atoms with van der Waals surface area (Å²) < 4.78 is 0. The van der Waals surface area contributed by atoms with E-state index in [1.165, 1.54) is 0 Å². The molecule has 0 amide bonds. The van der Waals surface area contributed by atoms with Crippen molar-refractivity contribution in [3.05, 3.63) is 30.1 Å². The van der Waals surface area contributed by atoms with Gasteiger partial charge in [-0.05, 0) is 32.1 Å². The first-order chi connectivity index (χ1) is 6.77. The van der Waals surface area contributed by atoms with Crippen molar-refractivity contribution in [3.8, 4) is 0 Å². The van der Waals surface area contributed by atoms with Gasteiger partial charge in [0.25, 0.3) is 0 Å². The van der Waals surface area contributed by atoms with E-state index in [-0.39, 0.29) is 5.41 Å². The largest absolute Gasteiger partial charge is 0.329 e. The maximum absolute atomic E-state index is 5.90. The molecule has 1 aliphatic heterocycles. The van der Waals surface area contributed by atoms with E-state index in [4.69, 9.17) is 5.73 Å². The van der Waals surface area contributed by atoms with E-state index in [1.807, 2.05) is 18.3 Å². The van der Waals surface area contributed by atoms with Crippen LogP contribution in [0.2, 0.25) is 0 Å². The summed E-state index contributed by atoms with van der Waals surface area (Å²) in [5.74, 6) is 0. The first-order valence-electron chi connectivity index (χ1n) is 5.07. The van der Waals surface area contributed by atoms with Crippen molar-refractivity contribution >= 4 is 0 Å². The van der Waals surface area contributed by atoms with Gasteiger partial charge in [-0.25, -0.2) is 0 Å². The molecule has 3 heteroatoms. The van der Waals surface area contributed by atoms with Crippen LogP contribution >= 0.6 is 0 Å². The van der Waals surface area contributed by atoms with Gasteiger partial charge in [0.2, 0.25) is 0 Å². The summed E-state index contributed by atoms with van der Waals surface area (Å²) in [7, 11) is 2.14. The molecule has 0 aromatic carbocycles. The Morgan fingerprint density at radius 1 is 1.57 bits per heavy atom. The SMILES string of the molecule is CN1CCC(CN)(c2ccccn2)C1. The number of aromatic nitrogens is 1. The summed E-state index contributed by atoms with van der Waals surface area (Å²) in [6.07, 6.45) is 2.97. The summed E-state index contributed by atoms with van der Waals surface area (Å²) in [4.78, 5) is 6.75. The summed E-state index contributed by atoms with van der Waals surface area (Å²) in [5.41, 5.74) is 7.13. The molecule has 14 heavy (non-hydrogen) atoms. The van der Waals surface area contributed by atoms with E-state index < -0.39 is 0 Å². The van der Waals surface area contributed by atoms with Crippen LogP contribution < -0.4 is 5.73 Å². The zero-order chi connectivity index (χ0) is 10.0. The third kappa shape index (κ3) is 1.53. The summed E-state index contributed by atoms with van der Waals surface area (Å²) in [6, 6.07) is 6.08. The van der Waals surface area contributed by atoms with Crippen molar-refractivity contribution in [2.75, 3.05) is 26.7 Å². The van der Waals surface area contributed by atoms with E-state index in [0.29, 0.717) is 6.54 Å². The van der Waals surface area contributed by atoms with Gasteiger partial charge in [0.05, 0.1) is 0 Å². The molecule has 0 radical (unpaired) electrons. The zero-order valence-electron chi connectivity index (χ0n) is 8.61. The van der Waals surface area contributed by atoms with Crippen LogP contribution in [0.1, 0.15) is 12.1 Å². The topological polar surface area (TPSA) is 42.1 Å². The maximum Gasteiger partial charge on any atom is 0.0491 e. The highest BCUT2D eigenvalue weighted by Crippen LogP contribution is 2.31. The van der Waals surface area contributed by atoms with Gasteiger partial charge in [-0.3, -0.25) is 4.98 Å². The molecule has 0 saturated carbocycles. The van der Waals surface area contributed by atoms with Gasteiger partial charge >= 0.3 is 0 Å². The van der Waals surface area contributed by atoms with E-state index >= 15 is 0 Å². The van der Waals surface area contributed by atoms with Crippen LogP contribution in [0.25, 0.3) is 0 Å². The predicted molar refractivity (Wildman–Crippen MR) is 57.1 cm³/mol. The molecule has 1 atom stereocenters. The molecule has 2 rings (SSSR count). The average molecular weight is 191 g/mol. The molecule has 1 aromatic heterocycles. The fraction of sp³-hybridized carbons (Fsp3) is 0.545. The normalized spacial score (nSPS) is 28.1. The van der Waals surface area contributed by atoms with E-state index in [0.717, 1.165) is 25.2 Å². The number of likely N-dealkylation sites (N-methyl/N-ethyl adjacent to an activating group) is 1. The van der Waals surface area contributed by atoms with Crippen LogP contribution in [-0.4, -0.2) is 36.6 Å². The standard InChI is InChI=1S/C11H17N3/c1-14-7-5-11(8-12,9-14)10-4-2-3-6-13-10/h2-4,6H,5,7-9,12H2,1H3. The summed E-state index contributed by atoms with van der Waals surface area (Å²) in [5, 5.41) is 0. The first kappa shape index (κ1) is 9.62. The predicted octanol–water partition coefficient (Wildman–Crippen LogP) is 0.614. The molecule has 3 nitrogen and oxygen atoms in total. The Kier molecular flexibility index (Phi) is 2.52. The van der Waals surface area contributed by atoms with Crippen molar-refractivity contribution in [1.29, 1.82) is 0 Å². The van der Waals surface area contributed by atoms with Crippen molar-refractivity contribution in [3.63, 3.8) is 0 Å². The minimum atomic E-state index is 0.0933. The van der Waals surface area contributed by atoms with Crippen LogP contribution in [0.4, 0.5) is 0 Å². The zero-order valence-corrected chi connectivity index (χ0v) is 8.61. The quantitative estimate of drug-likeness (QED) is 0.745. The molecule has 0 aliphatic carbocycles. The van der Waals surface area contributed by atoms with E-state index in [1.54, 1.807) is 0 Å². The number of rotatable bonds is 2. The third-order valence-electron chi connectivity index (χ3n) is 3.14. The van der Waals surface area contributed by atoms with Gasteiger partial charge in [-0.15, -0.1) is 0 Å². The molecular formula is C11H17N3. The number of hydrogen-bond donors (Lipinski definition) is 1. The minimum Gasteiger partial charge on any atom is -0.329 e. The second-order valence-electron chi connectivity index (χ2n) is 4.19. The lowest BCUT2D eigenvalue weighted by molar-refractivity contribution is 0.367. The fourth-order valence-electron chi connectivity index (χ4n) is 2.24. The Bertz CT molecular complexity index is 299. The Morgan fingerprint density at radius 2 is 2.43 bits per heavy atom. The lowest BCUT2D eigenvalue weighted by Crippen LogP contribution is -2.38. The number of nitrogens with two attached hydrogens (primary N) is 1. The van der Waals surface area contributed by atoms with Gasteiger partial charge in [-0.1, -0.05) is 6.07 Å². The Hall–Kier alpha value is -0.930. The molecule has 1 aromatic rings. The molecule has 0 spiro atoms. The minimum absolute atomic E-state index is 0.0933. The molecule has 1 saturated heterocycles. The Morgan fingerprint density at radius 3 is 2.93 bits per heavy atom. The highest BCUT2D eigenvalue weighted by molar-refractivity contribution is 5.20. The Labute approximate surface area is 84.9 Å². The number of pyridine rings is 1. The van der Waals surface area contributed by atoms with Gasteiger partial charge in [0, 0.05) is 30.4 Å². The average Bonchev–Trinajstić information content (AvgIpc) is 2.63. The lowest BCUT2D eigenvalue weighted by Gasteiger charge is -2.26. The molecule has 1 aliphatic rings. The Balaban J connectivity index is 2.30. The highest BCUT2D eigenvalue weighted by atomic mass is 15.1. The summed E-state index contributed by atoms with van der Waals surface area (Å²) in [6.45, 7) is 2.84. The number of nitrogens with zero attached hydrogens (tertiary/aromatic N) is 2. The monoisotopic (exact) mass is 191 g/mol. The van der Waals surface area contributed by atoms with Crippen LogP contribution in [0.5, 0.6) is 0 Å². The number of hydrogen-bond acceptors (Lipinski definition) is 3. The van der Waals surface area contributed by atoms with Crippen molar-refractivity contribution in [1.82, 2.24) is 9.88 Å². The van der Waals surface area contributed by atoms with Crippen LogP contribution in [0.15, 0.2) is 24.4 Å². The summed E-state index contributed by atoms with van der Waals surface area (Å²) >= 11 is 0. The van der Waals surface area contributed by atoms with E-state index in [2.05, 4.69) is 23.0 Å². The second-order valence-corrected chi connectivity index (χ2v) is 4.19. The second kappa shape index (κ2) is 3.67. The fourth-order valence-corrected chi connectivity index (χ4v) is 2.24. The lowest BCUT2D eigenvalue weighted by atomic mass is 9.83. The first-order valence-corrected chi connectivity index (χ1v) is 5.07. The van der Waals surface area contributed by atoms with Gasteiger partial charge in [0.15, 0.2) is 0 Å². The van der Waals surface area contributed by atoms with Crippen molar-refractivity contribution < 1.29 is 0 Å². The van der Waals surface area contributed by atoms with Gasteiger partial charge in [0.1, 0.15) is 0 Å². The highest BCUT2D eigenvalue weighted by Gasteiger charge is 2.37. The van der Waals surface area contributed by atoms with Crippen LogP contribution in [0, 0.1) is 0 Å². The third-order valence-corrected chi connectivity index (χ3v) is 3.14. The van der Waals surface area contributed by atoms with Crippen molar-refractivity contribution in [2.24, 2.45) is 5.73 Å². The molecule has 2 heterocycles. The molecule has 1 unspecified atom stereocenters. The molecule has 76 valence electrons. The van der Waals surface area contributed by atoms with Gasteiger partial charge < -0.3 is 10.6 Å².